The number of rotatable bonds is 2. The Labute approximate surface area is 95.5 Å². The van der Waals surface area contributed by atoms with Crippen LogP contribution in [0.15, 0.2) is 12.3 Å². The fourth-order valence-electron chi connectivity index (χ4n) is 2.54. The largest absolute Gasteiger partial charge is 0.373 e. The van der Waals surface area contributed by atoms with Crippen LogP contribution in [0.3, 0.4) is 0 Å². The molecule has 1 aromatic heterocycles. The van der Waals surface area contributed by atoms with E-state index in [0.717, 1.165) is 31.3 Å². The van der Waals surface area contributed by atoms with Crippen molar-refractivity contribution < 1.29 is 0 Å². The van der Waals surface area contributed by atoms with E-state index >= 15 is 0 Å². The third-order valence-electron chi connectivity index (χ3n) is 3.51. The highest BCUT2D eigenvalue weighted by atomic mass is 15.4. The predicted molar refractivity (Wildman–Crippen MR) is 62.3 cm³/mol. The van der Waals surface area contributed by atoms with Crippen molar-refractivity contribution in [2.24, 2.45) is 0 Å². The normalized spacial score (nSPS) is 32.7. The first-order valence-corrected chi connectivity index (χ1v) is 5.84. The zero-order valence-corrected chi connectivity index (χ0v) is 9.56. The maximum absolute atomic E-state index is 4.54. The average Bonchev–Trinajstić information content (AvgIpc) is 2.40. The van der Waals surface area contributed by atoms with Crippen LogP contribution in [0.4, 0.5) is 5.82 Å². The van der Waals surface area contributed by atoms with Gasteiger partial charge in [0.25, 0.3) is 0 Å². The summed E-state index contributed by atoms with van der Waals surface area (Å²) >= 11 is 0. The summed E-state index contributed by atoms with van der Waals surface area (Å²) in [5.74, 6) is 1.86. The molecule has 3 aliphatic rings. The highest BCUT2D eigenvalue weighted by Crippen LogP contribution is 2.26. The Morgan fingerprint density at radius 2 is 2.12 bits per heavy atom. The summed E-state index contributed by atoms with van der Waals surface area (Å²) < 4.78 is 0. The van der Waals surface area contributed by atoms with E-state index in [1.807, 2.05) is 19.3 Å². The molecule has 4 rings (SSSR count). The SMILES string of the molecule is CNc1ccnc(C2CN3CCN2CC3)n1. The van der Waals surface area contributed by atoms with Crippen molar-refractivity contribution in [3.8, 4) is 0 Å². The zero-order chi connectivity index (χ0) is 11.0. The van der Waals surface area contributed by atoms with Gasteiger partial charge in [-0.3, -0.25) is 9.80 Å². The van der Waals surface area contributed by atoms with E-state index in [1.54, 1.807) is 0 Å². The van der Waals surface area contributed by atoms with E-state index in [0.29, 0.717) is 6.04 Å². The topological polar surface area (TPSA) is 44.3 Å². The van der Waals surface area contributed by atoms with Crippen molar-refractivity contribution in [2.75, 3.05) is 45.1 Å². The van der Waals surface area contributed by atoms with Gasteiger partial charge in [0.1, 0.15) is 11.6 Å². The molecular weight excluding hydrogens is 202 g/mol. The second kappa shape index (κ2) is 3.99. The van der Waals surface area contributed by atoms with Crippen LogP contribution in [0.1, 0.15) is 11.9 Å². The molecule has 0 radical (unpaired) electrons. The van der Waals surface area contributed by atoms with Gasteiger partial charge in [0.2, 0.25) is 0 Å². The lowest BCUT2D eigenvalue weighted by molar-refractivity contribution is 0.00870. The summed E-state index contributed by atoms with van der Waals surface area (Å²) in [6.07, 6.45) is 1.84. The fraction of sp³-hybridized carbons (Fsp3) is 0.636. The van der Waals surface area contributed by atoms with Gasteiger partial charge in [-0.2, -0.15) is 0 Å². The first-order chi connectivity index (χ1) is 7.86. The van der Waals surface area contributed by atoms with Crippen LogP contribution in [0.25, 0.3) is 0 Å². The molecule has 4 heterocycles. The number of piperazine rings is 3. The molecule has 16 heavy (non-hydrogen) atoms. The zero-order valence-electron chi connectivity index (χ0n) is 9.56. The second-order valence-corrected chi connectivity index (χ2v) is 4.40. The molecule has 0 spiro atoms. The summed E-state index contributed by atoms with van der Waals surface area (Å²) in [4.78, 5) is 13.9. The number of hydrogen-bond acceptors (Lipinski definition) is 5. The van der Waals surface area contributed by atoms with Crippen LogP contribution in [0.5, 0.6) is 0 Å². The third kappa shape index (κ3) is 1.66. The van der Waals surface area contributed by atoms with Crippen LogP contribution < -0.4 is 5.32 Å². The molecule has 3 fully saturated rings. The Morgan fingerprint density at radius 1 is 1.31 bits per heavy atom. The van der Waals surface area contributed by atoms with Crippen LogP contribution in [-0.4, -0.2) is 59.5 Å². The molecule has 1 unspecified atom stereocenters. The molecule has 3 aliphatic heterocycles. The van der Waals surface area contributed by atoms with E-state index in [9.17, 15) is 0 Å². The van der Waals surface area contributed by atoms with Gasteiger partial charge in [0.15, 0.2) is 0 Å². The smallest absolute Gasteiger partial charge is 0.149 e. The Hall–Kier alpha value is -1.20. The number of nitrogens with zero attached hydrogens (tertiary/aromatic N) is 4. The molecule has 1 aromatic rings. The summed E-state index contributed by atoms with van der Waals surface area (Å²) in [5, 5.41) is 3.07. The molecule has 1 atom stereocenters. The van der Waals surface area contributed by atoms with E-state index in [-0.39, 0.29) is 0 Å². The van der Waals surface area contributed by atoms with Gasteiger partial charge in [0.05, 0.1) is 6.04 Å². The molecule has 0 aliphatic carbocycles. The van der Waals surface area contributed by atoms with Crippen LogP contribution >= 0.6 is 0 Å². The number of fused-ring (bicyclic) bond motifs is 3. The lowest BCUT2D eigenvalue weighted by atomic mass is 10.1. The summed E-state index contributed by atoms with van der Waals surface area (Å²) in [6, 6.07) is 2.29. The van der Waals surface area contributed by atoms with Gasteiger partial charge in [-0.15, -0.1) is 0 Å². The minimum Gasteiger partial charge on any atom is -0.373 e. The lowest BCUT2D eigenvalue weighted by Gasteiger charge is -2.46. The molecule has 86 valence electrons. The molecule has 5 nitrogen and oxygen atoms in total. The average molecular weight is 219 g/mol. The van der Waals surface area contributed by atoms with Crippen molar-refractivity contribution in [3.63, 3.8) is 0 Å². The number of aromatic nitrogens is 2. The molecule has 2 bridgehead atoms. The summed E-state index contributed by atoms with van der Waals surface area (Å²) in [5.41, 5.74) is 0. The standard InChI is InChI=1S/C11H17N5/c1-12-10-2-3-13-11(14-10)9-8-15-4-6-16(9)7-5-15/h2-3,9H,4-8H2,1H3,(H,12,13,14). The molecule has 0 amide bonds. The summed E-state index contributed by atoms with van der Waals surface area (Å²) in [7, 11) is 1.89. The van der Waals surface area contributed by atoms with Crippen LogP contribution in [0, 0.1) is 0 Å². The van der Waals surface area contributed by atoms with Crippen molar-refractivity contribution in [3.05, 3.63) is 18.1 Å². The number of anilines is 1. The van der Waals surface area contributed by atoms with Gasteiger partial charge in [0, 0.05) is 46.0 Å². The fourth-order valence-corrected chi connectivity index (χ4v) is 2.54. The molecule has 3 saturated heterocycles. The number of hydrogen-bond donors (Lipinski definition) is 1. The quantitative estimate of drug-likeness (QED) is 0.769. The maximum atomic E-state index is 4.54. The third-order valence-corrected chi connectivity index (χ3v) is 3.51. The predicted octanol–water partition coefficient (Wildman–Crippen LogP) is 0.191. The molecule has 1 N–H and O–H groups in total. The van der Waals surface area contributed by atoms with Gasteiger partial charge in [-0.25, -0.2) is 9.97 Å². The van der Waals surface area contributed by atoms with E-state index in [2.05, 4.69) is 25.1 Å². The minimum atomic E-state index is 0.385. The molecule has 0 saturated carbocycles. The van der Waals surface area contributed by atoms with Gasteiger partial charge in [-0.1, -0.05) is 0 Å². The highest BCUT2D eigenvalue weighted by Gasteiger charge is 2.34. The number of nitrogens with one attached hydrogen (secondary N) is 1. The van der Waals surface area contributed by atoms with Crippen molar-refractivity contribution in [1.82, 2.24) is 19.8 Å². The summed E-state index contributed by atoms with van der Waals surface area (Å²) in [6.45, 7) is 5.77. The maximum Gasteiger partial charge on any atom is 0.149 e. The van der Waals surface area contributed by atoms with Gasteiger partial charge in [-0.05, 0) is 6.07 Å². The van der Waals surface area contributed by atoms with Gasteiger partial charge < -0.3 is 5.32 Å². The first kappa shape index (κ1) is 9.99. The molecule has 0 aromatic carbocycles. The Kier molecular flexibility index (Phi) is 2.49. The Bertz CT molecular complexity index is 372. The van der Waals surface area contributed by atoms with Crippen molar-refractivity contribution in [1.29, 1.82) is 0 Å². The van der Waals surface area contributed by atoms with Crippen LogP contribution in [0.2, 0.25) is 0 Å². The van der Waals surface area contributed by atoms with Crippen LogP contribution in [-0.2, 0) is 0 Å². The molecular formula is C11H17N5. The Balaban J connectivity index is 1.86. The lowest BCUT2D eigenvalue weighted by Crippen LogP contribution is -2.57. The van der Waals surface area contributed by atoms with Crippen molar-refractivity contribution in [2.45, 2.75) is 6.04 Å². The second-order valence-electron chi connectivity index (χ2n) is 4.40. The van der Waals surface area contributed by atoms with E-state index < -0.39 is 0 Å². The van der Waals surface area contributed by atoms with Crippen molar-refractivity contribution >= 4 is 5.82 Å². The monoisotopic (exact) mass is 219 g/mol. The van der Waals surface area contributed by atoms with E-state index in [1.165, 1.54) is 13.1 Å². The molecule has 5 heteroatoms. The first-order valence-electron chi connectivity index (χ1n) is 5.84. The Morgan fingerprint density at radius 3 is 2.75 bits per heavy atom. The minimum absolute atomic E-state index is 0.385. The highest BCUT2D eigenvalue weighted by molar-refractivity contribution is 5.32. The van der Waals surface area contributed by atoms with E-state index in [4.69, 9.17) is 0 Å². The van der Waals surface area contributed by atoms with Gasteiger partial charge >= 0.3 is 0 Å².